The fourth-order valence-corrected chi connectivity index (χ4v) is 5.60. The van der Waals surface area contributed by atoms with E-state index in [1.165, 1.54) is 12.8 Å². The molecule has 1 aliphatic rings. The first-order valence-electron chi connectivity index (χ1n) is 12.8. The van der Waals surface area contributed by atoms with Gasteiger partial charge in [0.2, 0.25) is 0 Å². The second-order valence-corrected chi connectivity index (χ2v) is 10.8. The Morgan fingerprint density at radius 2 is 1.74 bits per heavy atom. The molecule has 3 rings (SSSR count). The summed E-state index contributed by atoms with van der Waals surface area (Å²) in [5, 5.41) is 3.53. The Morgan fingerprint density at radius 3 is 2.31 bits per heavy atom. The molecule has 1 fully saturated rings. The SMILES string of the molecule is CCN(c1cc(Cl)cc(C(=O)NCc2c(C(C)C)[nH]c(C)cc2=O)c1C)C1CCC(N(C)C)CC1. The zero-order chi connectivity index (χ0) is 25.9. The summed E-state index contributed by atoms with van der Waals surface area (Å²) in [6, 6.07) is 6.36. The quantitative estimate of drug-likeness (QED) is 0.509. The molecule has 2 aromatic rings. The Morgan fingerprint density at radius 1 is 1.11 bits per heavy atom. The number of hydrogen-bond acceptors (Lipinski definition) is 4. The van der Waals surface area contributed by atoms with E-state index >= 15 is 0 Å². The number of hydrogen-bond donors (Lipinski definition) is 2. The minimum absolute atomic E-state index is 0.0563. The van der Waals surface area contributed by atoms with Gasteiger partial charge in [-0.25, -0.2) is 0 Å². The molecule has 0 bridgehead atoms. The second kappa shape index (κ2) is 11.6. The number of aromatic amines is 1. The highest BCUT2D eigenvalue weighted by atomic mass is 35.5. The van der Waals surface area contributed by atoms with E-state index in [0.29, 0.717) is 28.2 Å². The Hall–Kier alpha value is -2.31. The van der Waals surface area contributed by atoms with E-state index in [-0.39, 0.29) is 23.8 Å². The van der Waals surface area contributed by atoms with Crippen molar-refractivity contribution in [2.45, 2.75) is 84.8 Å². The van der Waals surface area contributed by atoms with Gasteiger partial charge in [0.25, 0.3) is 5.91 Å². The van der Waals surface area contributed by atoms with Crippen LogP contribution in [0.1, 0.15) is 85.2 Å². The zero-order valence-corrected chi connectivity index (χ0v) is 23.1. The van der Waals surface area contributed by atoms with Gasteiger partial charge in [-0.3, -0.25) is 9.59 Å². The summed E-state index contributed by atoms with van der Waals surface area (Å²) in [7, 11) is 4.31. The summed E-state index contributed by atoms with van der Waals surface area (Å²) in [5.41, 5.74) is 4.74. The molecule has 1 heterocycles. The lowest BCUT2D eigenvalue weighted by Crippen LogP contribution is -2.42. The van der Waals surface area contributed by atoms with Crippen molar-refractivity contribution < 1.29 is 4.79 Å². The predicted molar refractivity (Wildman–Crippen MR) is 146 cm³/mol. The van der Waals surface area contributed by atoms with Crippen LogP contribution in [-0.4, -0.2) is 48.5 Å². The third-order valence-electron chi connectivity index (χ3n) is 7.38. The van der Waals surface area contributed by atoms with Crippen LogP contribution in [0.25, 0.3) is 0 Å². The average molecular weight is 501 g/mol. The molecule has 0 radical (unpaired) electrons. The van der Waals surface area contributed by atoms with Crippen molar-refractivity contribution in [3.8, 4) is 0 Å². The van der Waals surface area contributed by atoms with Crippen LogP contribution < -0.4 is 15.6 Å². The van der Waals surface area contributed by atoms with Gasteiger partial charge in [-0.2, -0.15) is 0 Å². The summed E-state index contributed by atoms with van der Waals surface area (Å²) < 4.78 is 0. The smallest absolute Gasteiger partial charge is 0.251 e. The van der Waals surface area contributed by atoms with Gasteiger partial charge in [0.05, 0.1) is 0 Å². The number of benzene rings is 1. The number of aryl methyl sites for hydroxylation is 1. The highest BCUT2D eigenvalue weighted by Crippen LogP contribution is 2.34. The first kappa shape index (κ1) is 27.3. The van der Waals surface area contributed by atoms with E-state index in [1.807, 2.05) is 33.8 Å². The summed E-state index contributed by atoms with van der Waals surface area (Å²) in [6.07, 6.45) is 4.59. The number of carbonyl (C=O) groups is 1. The number of nitrogens with one attached hydrogen (secondary N) is 2. The van der Waals surface area contributed by atoms with E-state index in [4.69, 9.17) is 11.6 Å². The molecule has 1 amide bonds. The van der Waals surface area contributed by atoms with Crippen LogP contribution in [-0.2, 0) is 6.54 Å². The lowest BCUT2D eigenvalue weighted by molar-refractivity contribution is 0.0950. The highest BCUT2D eigenvalue weighted by Gasteiger charge is 2.28. The molecule has 0 spiro atoms. The number of pyridine rings is 1. The third-order valence-corrected chi connectivity index (χ3v) is 7.60. The number of aromatic nitrogens is 1. The van der Waals surface area contributed by atoms with Crippen LogP contribution in [0.2, 0.25) is 5.02 Å². The molecule has 1 aromatic heterocycles. The lowest BCUT2D eigenvalue weighted by atomic mass is 9.89. The van der Waals surface area contributed by atoms with Gasteiger partial charge in [-0.1, -0.05) is 25.4 Å². The van der Waals surface area contributed by atoms with Crippen molar-refractivity contribution in [1.82, 2.24) is 15.2 Å². The molecular weight excluding hydrogens is 460 g/mol. The van der Waals surface area contributed by atoms with E-state index in [2.05, 4.69) is 41.1 Å². The number of rotatable bonds is 8. The molecule has 1 aromatic carbocycles. The molecule has 192 valence electrons. The van der Waals surface area contributed by atoms with Crippen LogP contribution >= 0.6 is 11.6 Å². The predicted octanol–water partition coefficient (Wildman–Crippen LogP) is 5.40. The standard InChI is InChI=1S/C28H41ClN4O2/c1-8-33(22-11-9-21(10-12-22)32(6)7)25-15-20(29)14-23(19(25)5)28(35)30-16-24-26(34)13-18(4)31-27(24)17(2)3/h13-15,17,21-22H,8-12,16H2,1-7H3,(H,30,35)(H,31,34). The van der Waals surface area contributed by atoms with Crippen LogP contribution in [0, 0.1) is 13.8 Å². The maximum absolute atomic E-state index is 13.3. The van der Waals surface area contributed by atoms with Crippen LogP contribution in [0.3, 0.4) is 0 Å². The van der Waals surface area contributed by atoms with Gasteiger partial charge in [-0.05, 0) is 84.2 Å². The molecule has 7 heteroatoms. The molecule has 6 nitrogen and oxygen atoms in total. The Balaban J connectivity index is 1.84. The van der Waals surface area contributed by atoms with Gasteiger partial charge in [-0.15, -0.1) is 0 Å². The van der Waals surface area contributed by atoms with E-state index in [9.17, 15) is 9.59 Å². The molecule has 1 saturated carbocycles. The number of nitrogens with zero attached hydrogens (tertiary/aromatic N) is 2. The Kier molecular flexibility index (Phi) is 9.05. The maximum atomic E-state index is 13.3. The molecule has 0 saturated heterocycles. The van der Waals surface area contributed by atoms with Crippen molar-refractivity contribution in [3.05, 3.63) is 61.5 Å². The minimum Gasteiger partial charge on any atom is -0.369 e. The van der Waals surface area contributed by atoms with Crippen molar-refractivity contribution in [3.63, 3.8) is 0 Å². The highest BCUT2D eigenvalue weighted by molar-refractivity contribution is 6.31. The minimum atomic E-state index is -0.215. The van der Waals surface area contributed by atoms with Gasteiger partial charge >= 0.3 is 0 Å². The summed E-state index contributed by atoms with van der Waals surface area (Å²) >= 11 is 6.53. The fraction of sp³-hybridized carbons (Fsp3) is 0.571. The van der Waals surface area contributed by atoms with Crippen molar-refractivity contribution in [2.75, 3.05) is 25.5 Å². The first-order chi connectivity index (χ1) is 16.5. The maximum Gasteiger partial charge on any atom is 0.251 e. The fourth-order valence-electron chi connectivity index (χ4n) is 5.39. The Labute approximate surface area is 215 Å². The Bertz CT molecular complexity index is 1100. The van der Waals surface area contributed by atoms with Crippen molar-refractivity contribution >= 4 is 23.2 Å². The van der Waals surface area contributed by atoms with E-state index in [1.54, 1.807) is 12.1 Å². The van der Waals surface area contributed by atoms with E-state index in [0.717, 1.165) is 42.0 Å². The van der Waals surface area contributed by atoms with Gasteiger partial charge in [0.1, 0.15) is 0 Å². The zero-order valence-electron chi connectivity index (χ0n) is 22.3. The normalized spacial score (nSPS) is 18.2. The average Bonchev–Trinajstić information content (AvgIpc) is 2.80. The number of anilines is 1. The largest absolute Gasteiger partial charge is 0.369 e. The number of carbonyl (C=O) groups excluding carboxylic acids is 1. The van der Waals surface area contributed by atoms with Crippen LogP contribution in [0.5, 0.6) is 0 Å². The summed E-state index contributed by atoms with van der Waals surface area (Å²) in [4.78, 5) is 34.0. The first-order valence-corrected chi connectivity index (χ1v) is 13.1. The number of H-pyrrole nitrogens is 1. The van der Waals surface area contributed by atoms with Gasteiger partial charge in [0, 0.05) is 64.5 Å². The van der Waals surface area contributed by atoms with E-state index < -0.39 is 0 Å². The summed E-state index contributed by atoms with van der Waals surface area (Å²) in [6.45, 7) is 11.1. The number of amides is 1. The molecule has 1 aliphatic carbocycles. The van der Waals surface area contributed by atoms with Crippen LogP contribution in [0.4, 0.5) is 5.69 Å². The third kappa shape index (κ3) is 6.28. The molecular formula is C28H41ClN4O2. The number of halogens is 1. The molecule has 0 aliphatic heterocycles. The molecule has 0 atom stereocenters. The lowest BCUT2D eigenvalue weighted by Gasteiger charge is -2.40. The van der Waals surface area contributed by atoms with Crippen molar-refractivity contribution in [2.24, 2.45) is 0 Å². The van der Waals surface area contributed by atoms with Gasteiger partial charge < -0.3 is 20.1 Å². The summed E-state index contributed by atoms with van der Waals surface area (Å²) in [5.74, 6) is -0.0667. The van der Waals surface area contributed by atoms with Gasteiger partial charge in [0.15, 0.2) is 5.43 Å². The van der Waals surface area contributed by atoms with Crippen molar-refractivity contribution in [1.29, 1.82) is 0 Å². The monoisotopic (exact) mass is 500 g/mol. The molecule has 2 N–H and O–H groups in total. The van der Waals surface area contributed by atoms with Crippen LogP contribution in [0.15, 0.2) is 23.0 Å². The molecule has 0 unspecified atom stereocenters. The molecule has 35 heavy (non-hydrogen) atoms. The second-order valence-electron chi connectivity index (χ2n) is 10.4. The topological polar surface area (TPSA) is 68.4 Å².